The van der Waals surface area contributed by atoms with Crippen molar-refractivity contribution in [2.45, 2.75) is 38.2 Å². The molecule has 0 saturated carbocycles. The van der Waals surface area contributed by atoms with Gasteiger partial charge in [-0.3, -0.25) is 14.8 Å². The van der Waals surface area contributed by atoms with Crippen LogP contribution < -0.4 is 4.74 Å². The van der Waals surface area contributed by atoms with Crippen LogP contribution in [0.1, 0.15) is 43.0 Å². The number of aliphatic hydroxyl groups excluding tert-OH is 1. The van der Waals surface area contributed by atoms with Gasteiger partial charge in [0.1, 0.15) is 5.75 Å². The highest BCUT2D eigenvalue weighted by atomic mass is 16.5. The second-order valence-corrected chi connectivity index (χ2v) is 9.10. The van der Waals surface area contributed by atoms with Gasteiger partial charge >= 0.3 is 5.97 Å². The number of aryl methyl sites for hydroxylation is 1. The van der Waals surface area contributed by atoms with Crippen LogP contribution in [-0.2, 0) is 11.2 Å². The summed E-state index contributed by atoms with van der Waals surface area (Å²) in [5, 5.41) is 21.7. The topological polar surface area (TPSA) is 95.8 Å². The van der Waals surface area contributed by atoms with E-state index in [1.165, 1.54) is 0 Å². The van der Waals surface area contributed by atoms with Crippen LogP contribution in [0.5, 0.6) is 5.75 Å². The number of nitrogens with zero attached hydrogens (tertiary/aromatic N) is 3. The SMILES string of the molecule is COc1ccc2nccc(C(O)CC[C@@H]3CCN(CCCc4ccccn4)C[C@@H]3C(=O)O)c2c1. The van der Waals surface area contributed by atoms with Crippen LogP contribution in [0.4, 0.5) is 0 Å². The molecular formula is C27H33N3O4. The molecule has 1 aliphatic heterocycles. The third-order valence-corrected chi connectivity index (χ3v) is 6.94. The molecule has 0 radical (unpaired) electrons. The minimum Gasteiger partial charge on any atom is -0.497 e. The van der Waals surface area contributed by atoms with Gasteiger partial charge in [-0.05, 0) is 93.1 Å². The summed E-state index contributed by atoms with van der Waals surface area (Å²) in [7, 11) is 1.62. The van der Waals surface area contributed by atoms with Gasteiger partial charge in [0, 0.05) is 30.0 Å². The van der Waals surface area contributed by atoms with Gasteiger partial charge < -0.3 is 19.8 Å². The number of carboxylic acid groups (broad SMARTS) is 1. The number of likely N-dealkylation sites (tertiary alicyclic amines) is 1. The minimum absolute atomic E-state index is 0.0572. The van der Waals surface area contributed by atoms with Crippen LogP contribution in [-0.4, -0.2) is 57.8 Å². The van der Waals surface area contributed by atoms with Crippen LogP contribution in [0.3, 0.4) is 0 Å². The van der Waals surface area contributed by atoms with Crippen molar-refractivity contribution in [3.05, 3.63) is 66.1 Å². The van der Waals surface area contributed by atoms with E-state index >= 15 is 0 Å². The van der Waals surface area contributed by atoms with E-state index in [2.05, 4.69) is 14.9 Å². The average molecular weight is 464 g/mol. The van der Waals surface area contributed by atoms with Gasteiger partial charge in [0.2, 0.25) is 0 Å². The first-order valence-electron chi connectivity index (χ1n) is 12.0. The van der Waals surface area contributed by atoms with Crippen molar-refractivity contribution in [1.29, 1.82) is 0 Å². The summed E-state index contributed by atoms with van der Waals surface area (Å²) in [6.45, 7) is 2.33. The molecule has 2 aromatic heterocycles. The van der Waals surface area contributed by atoms with Crippen molar-refractivity contribution < 1.29 is 19.7 Å². The Labute approximate surface area is 200 Å². The summed E-state index contributed by atoms with van der Waals surface area (Å²) >= 11 is 0. The summed E-state index contributed by atoms with van der Waals surface area (Å²) in [6, 6.07) is 13.4. The lowest BCUT2D eigenvalue weighted by molar-refractivity contribution is -0.146. The van der Waals surface area contributed by atoms with Gasteiger partial charge in [-0.25, -0.2) is 0 Å². The lowest BCUT2D eigenvalue weighted by atomic mass is 9.81. The number of ether oxygens (including phenoxy) is 1. The molecular weight excluding hydrogens is 430 g/mol. The molecule has 2 N–H and O–H groups in total. The first-order valence-corrected chi connectivity index (χ1v) is 12.0. The van der Waals surface area contributed by atoms with Crippen molar-refractivity contribution in [2.75, 3.05) is 26.7 Å². The molecule has 0 amide bonds. The number of hydrogen-bond donors (Lipinski definition) is 2. The Hall–Kier alpha value is -3.03. The summed E-state index contributed by atoms with van der Waals surface area (Å²) in [4.78, 5) is 23.1. The molecule has 34 heavy (non-hydrogen) atoms. The van der Waals surface area contributed by atoms with Crippen molar-refractivity contribution in [3.63, 3.8) is 0 Å². The first kappa shape index (κ1) is 24.1. The summed E-state index contributed by atoms with van der Waals surface area (Å²) in [5.41, 5.74) is 2.69. The van der Waals surface area contributed by atoms with Gasteiger partial charge in [-0.1, -0.05) is 6.07 Å². The monoisotopic (exact) mass is 463 g/mol. The molecule has 4 rings (SSSR count). The van der Waals surface area contributed by atoms with E-state index in [4.69, 9.17) is 4.74 Å². The van der Waals surface area contributed by atoms with E-state index in [0.29, 0.717) is 19.4 Å². The van der Waals surface area contributed by atoms with Gasteiger partial charge in [0.05, 0.1) is 24.6 Å². The number of rotatable bonds is 10. The minimum atomic E-state index is -0.743. The highest BCUT2D eigenvalue weighted by molar-refractivity contribution is 5.83. The Morgan fingerprint density at radius 1 is 1.21 bits per heavy atom. The molecule has 180 valence electrons. The Bertz CT molecular complexity index is 1090. The predicted octanol–water partition coefficient (Wildman–Crippen LogP) is 4.11. The molecule has 1 saturated heterocycles. The van der Waals surface area contributed by atoms with Crippen molar-refractivity contribution in [3.8, 4) is 5.75 Å². The Morgan fingerprint density at radius 3 is 2.85 bits per heavy atom. The zero-order valence-corrected chi connectivity index (χ0v) is 19.6. The maximum absolute atomic E-state index is 12.0. The Morgan fingerprint density at radius 2 is 2.09 bits per heavy atom. The van der Waals surface area contributed by atoms with Crippen LogP contribution in [0.2, 0.25) is 0 Å². The number of methoxy groups -OCH3 is 1. The van der Waals surface area contributed by atoms with Crippen LogP contribution in [0, 0.1) is 11.8 Å². The van der Waals surface area contributed by atoms with E-state index < -0.39 is 18.0 Å². The van der Waals surface area contributed by atoms with Crippen LogP contribution in [0.15, 0.2) is 54.9 Å². The number of piperidine rings is 1. The quantitative estimate of drug-likeness (QED) is 0.467. The fourth-order valence-electron chi connectivity index (χ4n) is 5.02. The lowest BCUT2D eigenvalue weighted by Crippen LogP contribution is -2.44. The molecule has 1 unspecified atom stereocenters. The van der Waals surface area contributed by atoms with Gasteiger partial charge in [0.25, 0.3) is 0 Å². The highest BCUT2D eigenvalue weighted by Crippen LogP contribution is 2.33. The van der Waals surface area contributed by atoms with Gasteiger partial charge in [0.15, 0.2) is 0 Å². The van der Waals surface area contributed by atoms with Crippen LogP contribution in [0.25, 0.3) is 10.9 Å². The normalized spacial score (nSPS) is 19.7. The van der Waals surface area contributed by atoms with Crippen molar-refractivity contribution >= 4 is 16.9 Å². The number of aliphatic hydroxyl groups is 1. The third kappa shape index (κ3) is 5.90. The number of aromatic nitrogens is 2. The predicted molar refractivity (Wildman–Crippen MR) is 131 cm³/mol. The molecule has 3 atom stereocenters. The molecule has 3 aromatic rings. The summed E-state index contributed by atoms with van der Waals surface area (Å²) in [6.07, 6.45) is 6.72. The van der Waals surface area contributed by atoms with E-state index in [-0.39, 0.29) is 5.92 Å². The number of pyridine rings is 2. The molecule has 0 bridgehead atoms. The zero-order chi connectivity index (χ0) is 23.9. The van der Waals surface area contributed by atoms with Crippen molar-refractivity contribution in [1.82, 2.24) is 14.9 Å². The number of benzene rings is 1. The second-order valence-electron chi connectivity index (χ2n) is 9.10. The van der Waals surface area contributed by atoms with Crippen molar-refractivity contribution in [2.24, 2.45) is 11.8 Å². The Balaban J connectivity index is 1.34. The lowest BCUT2D eigenvalue weighted by Gasteiger charge is -2.37. The van der Waals surface area contributed by atoms with Gasteiger partial charge in [-0.15, -0.1) is 0 Å². The molecule has 7 nitrogen and oxygen atoms in total. The fourth-order valence-corrected chi connectivity index (χ4v) is 5.02. The number of carbonyl (C=O) groups is 1. The van der Waals surface area contributed by atoms with E-state index in [0.717, 1.165) is 60.3 Å². The van der Waals surface area contributed by atoms with E-state index in [1.54, 1.807) is 19.5 Å². The molecule has 0 aliphatic carbocycles. The Kier molecular flexibility index (Phi) is 8.08. The van der Waals surface area contributed by atoms with E-state index in [9.17, 15) is 15.0 Å². The largest absolute Gasteiger partial charge is 0.497 e. The highest BCUT2D eigenvalue weighted by Gasteiger charge is 2.34. The summed E-state index contributed by atoms with van der Waals surface area (Å²) < 4.78 is 5.33. The maximum Gasteiger partial charge on any atom is 0.308 e. The molecule has 3 heterocycles. The molecule has 0 spiro atoms. The third-order valence-electron chi connectivity index (χ3n) is 6.94. The smallest absolute Gasteiger partial charge is 0.308 e. The summed E-state index contributed by atoms with van der Waals surface area (Å²) in [5.74, 6) is -0.379. The standard InChI is InChI=1S/C27H33N3O4/c1-34-21-8-9-25-23(17-21)22(11-14-29-25)26(31)10-7-19-12-16-30(18-24(19)27(32)33)15-4-6-20-5-2-3-13-28-20/h2-3,5,8-9,11,13-14,17,19,24,26,31H,4,6-7,10,12,15-16,18H2,1H3,(H,32,33)/t19-,24+,26?/m1/s1. The first-order chi connectivity index (χ1) is 16.5. The average Bonchev–Trinajstić information content (AvgIpc) is 2.87. The number of aliphatic carboxylic acids is 1. The second kappa shape index (κ2) is 11.4. The molecule has 7 heteroatoms. The molecule has 1 fully saturated rings. The molecule has 1 aliphatic rings. The zero-order valence-electron chi connectivity index (χ0n) is 19.6. The number of fused-ring (bicyclic) bond motifs is 1. The fraction of sp³-hybridized carbons (Fsp3) is 0.444. The maximum atomic E-state index is 12.0. The number of hydrogen-bond acceptors (Lipinski definition) is 6. The van der Waals surface area contributed by atoms with Gasteiger partial charge in [-0.2, -0.15) is 0 Å². The van der Waals surface area contributed by atoms with E-state index in [1.807, 2.05) is 42.5 Å². The van der Waals surface area contributed by atoms with Crippen LogP contribution >= 0.6 is 0 Å². The number of carboxylic acids is 1. The molecule has 1 aromatic carbocycles.